The topological polar surface area (TPSA) is 49.4 Å². The number of carbonyl (C=O) groups excluding carboxylic acids is 2. The molecule has 0 atom stereocenters. The van der Waals surface area contributed by atoms with E-state index in [2.05, 4.69) is 12.2 Å². The van der Waals surface area contributed by atoms with Crippen molar-refractivity contribution in [2.24, 2.45) is 0 Å². The summed E-state index contributed by atoms with van der Waals surface area (Å²) in [6.45, 7) is 3.91. The maximum absolute atomic E-state index is 13.2. The van der Waals surface area contributed by atoms with Gasteiger partial charge in [-0.3, -0.25) is 9.59 Å². The van der Waals surface area contributed by atoms with Gasteiger partial charge in [-0.25, -0.2) is 4.39 Å². The van der Waals surface area contributed by atoms with Gasteiger partial charge in [0.1, 0.15) is 12.4 Å². The van der Waals surface area contributed by atoms with Crippen LogP contribution in [-0.2, 0) is 9.59 Å². The Morgan fingerprint density at radius 1 is 1.33 bits per heavy atom. The van der Waals surface area contributed by atoms with E-state index in [0.717, 1.165) is 19.3 Å². The van der Waals surface area contributed by atoms with Crippen LogP contribution in [0.5, 0.6) is 0 Å². The van der Waals surface area contributed by atoms with Crippen molar-refractivity contribution in [3.05, 3.63) is 29.0 Å². The summed E-state index contributed by atoms with van der Waals surface area (Å²) < 4.78 is 13.2. The van der Waals surface area contributed by atoms with Gasteiger partial charge in [-0.15, -0.1) is 0 Å². The minimum absolute atomic E-state index is 0.0814. The lowest BCUT2D eigenvalue weighted by molar-refractivity contribution is -0.123. The van der Waals surface area contributed by atoms with E-state index < -0.39 is 5.82 Å². The number of benzene rings is 1. The Kier molecular flexibility index (Phi) is 7.15. The number of hydrogen-bond acceptors (Lipinski definition) is 2. The molecule has 0 bridgehead atoms. The normalized spacial score (nSPS) is 10.3. The van der Waals surface area contributed by atoms with E-state index in [4.69, 9.17) is 11.6 Å². The fourth-order valence-corrected chi connectivity index (χ4v) is 2.01. The molecule has 0 fully saturated rings. The summed E-state index contributed by atoms with van der Waals surface area (Å²) in [5.74, 6) is -1.11. The lowest BCUT2D eigenvalue weighted by atomic mass is 10.2. The highest BCUT2D eigenvalue weighted by molar-refractivity contribution is 6.31. The molecule has 116 valence electrons. The Bertz CT molecular complexity index is 508. The maximum atomic E-state index is 13.2. The van der Waals surface area contributed by atoms with E-state index in [0.29, 0.717) is 12.2 Å². The van der Waals surface area contributed by atoms with Gasteiger partial charge in [0, 0.05) is 19.2 Å². The summed E-state index contributed by atoms with van der Waals surface area (Å²) in [6, 6.07) is 3.93. The average Bonchev–Trinajstić information content (AvgIpc) is 2.44. The number of unbranched alkanes of at least 4 members (excludes halogenated alkanes) is 2. The third-order valence-electron chi connectivity index (χ3n) is 3.00. The molecule has 0 aliphatic rings. The fourth-order valence-electron chi connectivity index (χ4n) is 1.84. The number of amides is 2. The first kappa shape index (κ1) is 17.4. The van der Waals surface area contributed by atoms with E-state index in [1.54, 1.807) is 0 Å². The largest absolute Gasteiger partial charge is 0.355 e. The van der Waals surface area contributed by atoms with Gasteiger partial charge in [-0.05, 0) is 24.6 Å². The number of carbonyl (C=O) groups is 2. The molecule has 1 aromatic rings. The van der Waals surface area contributed by atoms with Crippen molar-refractivity contribution < 1.29 is 14.0 Å². The van der Waals surface area contributed by atoms with E-state index >= 15 is 0 Å². The van der Waals surface area contributed by atoms with Crippen LogP contribution >= 0.6 is 11.6 Å². The number of nitrogens with one attached hydrogen (secondary N) is 1. The minimum Gasteiger partial charge on any atom is -0.355 e. The first-order chi connectivity index (χ1) is 9.95. The van der Waals surface area contributed by atoms with Crippen molar-refractivity contribution in [3.8, 4) is 0 Å². The highest BCUT2D eigenvalue weighted by Gasteiger charge is 2.16. The summed E-state index contributed by atoms with van der Waals surface area (Å²) in [6.07, 6.45) is 3.03. The predicted octanol–water partition coefficient (Wildman–Crippen LogP) is 3.14. The molecule has 0 heterocycles. The zero-order valence-corrected chi connectivity index (χ0v) is 13.0. The van der Waals surface area contributed by atoms with Crippen LogP contribution in [0.2, 0.25) is 5.02 Å². The molecule has 0 spiro atoms. The van der Waals surface area contributed by atoms with Crippen LogP contribution in [0.25, 0.3) is 0 Å². The monoisotopic (exact) mass is 314 g/mol. The molecule has 21 heavy (non-hydrogen) atoms. The molecule has 0 radical (unpaired) electrons. The van der Waals surface area contributed by atoms with E-state index in [-0.39, 0.29) is 23.4 Å². The lowest BCUT2D eigenvalue weighted by Gasteiger charge is -2.21. The third-order valence-corrected chi connectivity index (χ3v) is 3.29. The number of hydrogen-bond donors (Lipinski definition) is 1. The first-order valence-corrected chi connectivity index (χ1v) is 7.33. The van der Waals surface area contributed by atoms with Gasteiger partial charge in [0.25, 0.3) is 0 Å². The molecule has 0 saturated carbocycles. The summed E-state index contributed by atoms with van der Waals surface area (Å²) >= 11 is 5.70. The van der Waals surface area contributed by atoms with Gasteiger partial charge >= 0.3 is 0 Å². The quantitative estimate of drug-likeness (QED) is 0.786. The van der Waals surface area contributed by atoms with Crippen LogP contribution in [0, 0.1) is 5.82 Å². The Balaban J connectivity index is 2.67. The Hall–Kier alpha value is -1.62. The van der Waals surface area contributed by atoms with Crippen molar-refractivity contribution in [2.45, 2.75) is 33.1 Å². The van der Waals surface area contributed by atoms with Gasteiger partial charge in [0.05, 0.1) is 5.02 Å². The summed E-state index contributed by atoms with van der Waals surface area (Å²) in [5, 5.41) is 2.68. The van der Waals surface area contributed by atoms with Crippen molar-refractivity contribution in [3.63, 3.8) is 0 Å². The van der Waals surface area contributed by atoms with Crippen molar-refractivity contribution in [2.75, 3.05) is 18.0 Å². The maximum Gasteiger partial charge on any atom is 0.240 e. The summed E-state index contributed by atoms with van der Waals surface area (Å²) in [7, 11) is 0. The Morgan fingerprint density at radius 2 is 2.05 bits per heavy atom. The van der Waals surface area contributed by atoms with Crippen molar-refractivity contribution in [1.82, 2.24) is 5.32 Å². The predicted molar refractivity (Wildman–Crippen MR) is 82.0 cm³/mol. The van der Waals surface area contributed by atoms with Crippen LogP contribution < -0.4 is 10.2 Å². The molecule has 6 heteroatoms. The van der Waals surface area contributed by atoms with Crippen LogP contribution in [0.15, 0.2) is 18.2 Å². The van der Waals surface area contributed by atoms with Crippen LogP contribution in [-0.4, -0.2) is 24.9 Å². The van der Waals surface area contributed by atoms with Crippen molar-refractivity contribution >= 4 is 29.1 Å². The standard InChI is InChI=1S/C15H20ClFN2O2/c1-3-4-5-8-18-15(21)10-19(11(2)20)12-6-7-14(17)13(16)9-12/h6-7,9H,3-5,8,10H2,1-2H3,(H,18,21). The number of rotatable bonds is 7. The molecule has 0 unspecified atom stereocenters. The van der Waals surface area contributed by atoms with Crippen molar-refractivity contribution in [1.29, 1.82) is 0 Å². The SMILES string of the molecule is CCCCCNC(=O)CN(C(C)=O)c1ccc(F)c(Cl)c1. The molecule has 2 amide bonds. The Labute approximate surface area is 129 Å². The highest BCUT2D eigenvalue weighted by atomic mass is 35.5. The summed E-state index contributed by atoms with van der Waals surface area (Å²) in [5.41, 5.74) is 0.401. The molecule has 0 aromatic heterocycles. The molecule has 1 rings (SSSR count). The smallest absolute Gasteiger partial charge is 0.240 e. The zero-order valence-electron chi connectivity index (χ0n) is 12.3. The molecule has 0 aliphatic carbocycles. The molecular weight excluding hydrogens is 295 g/mol. The first-order valence-electron chi connectivity index (χ1n) is 6.95. The average molecular weight is 315 g/mol. The second kappa shape index (κ2) is 8.62. The second-order valence-electron chi connectivity index (χ2n) is 4.76. The molecular formula is C15H20ClFN2O2. The summed E-state index contributed by atoms with van der Waals surface area (Å²) in [4.78, 5) is 24.8. The second-order valence-corrected chi connectivity index (χ2v) is 5.17. The number of halogens is 2. The molecule has 0 aliphatic heterocycles. The number of anilines is 1. The van der Waals surface area contributed by atoms with Crippen LogP contribution in [0.3, 0.4) is 0 Å². The van der Waals surface area contributed by atoms with Gasteiger partial charge in [-0.2, -0.15) is 0 Å². The molecule has 0 saturated heterocycles. The Morgan fingerprint density at radius 3 is 2.62 bits per heavy atom. The van der Waals surface area contributed by atoms with Crippen LogP contribution in [0.1, 0.15) is 33.1 Å². The van der Waals surface area contributed by atoms with E-state index in [1.807, 2.05) is 0 Å². The van der Waals surface area contributed by atoms with Crippen LogP contribution in [0.4, 0.5) is 10.1 Å². The zero-order chi connectivity index (χ0) is 15.8. The third kappa shape index (κ3) is 5.71. The van der Waals surface area contributed by atoms with Gasteiger partial charge < -0.3 is 10.2 Å². The molecule has 1 N–H and O–H groups in total. The van der Waals surface area contributed by atoms with E-state index in [1.165, 1.54) is 30.0 Å². The van der Waals surface area contributed by atoms with Gasteiger partial charge in [-0.1, -0.05) is 31.4 Å². The highest BCUT2D eigenvalue weighted by Crippen LogP contribution is 2.22. The number of nitrogens with zero attached hydrogens (tertiary/aromatic N) is 1. The minimum atomic E-state index is -0.562. The lowest BCUT2D eigenvalue weighted by Crippen LogP contribution is -2.40. The fraction of sp³-hybridized carbons (Fsp3) is 0.467. The van der Waals surface area contributed by atoms with Gasteiger partial charge in [0.15, 0.2) is 0 Å². The van der Waals surface area contributed by atoms with E-state index in [9.17, 15) is 14.0 Å². The molecule has 4 nitrogen and oxygen atoms in total. The molecule has 1 aromatic carbocycles. The van der Waals surface area contributed by atoms with Gasteiger partial charge in [0.2, 0.25) is 11.8 Å².